The number of hydrogen-bond acceptors (Lipinski definition) is 6. The molecule has 2 saturated carbocycles. The second kappa shape index (κ2) is 13.9. The van der Waals surface area contributed by atoms with Crippen molar-refractivity contribution in [1.82, 2.24) is 10.6 Å². The van der Waals surface area contributed by atoms with Crippen LogP contribution in [0.5, 0.6) is 0 Å². The molecule has 0 aromatic carbocycles. The number of alkyl carbamates (subject to hydrolysis) is 2. The molecule has 4 aliphatic carbocycles. The van der Waals surface area contributed by atoms with E-state index >= 15 is 0 Å². The maximum absolute atomic E-state index is 12.5. The predicted molar refractivity (Wildman–Crippen MR) is 206 cm³/mol. The standard InChI is InChI=1S/C44H72N2O6/c1-31-13-15-33-37(3,4)17-11-19-41(33,9)43(31)23-21-39(7,51-43)25-29-49-35(47)45-27-28-46-36(48)50-30-26-40(8)22-24-44(52-40)32(2)14-16-34-38(5,6)18-12-20-42(34,44)10/h13-14,33-34H,11-12,15-30H2,1-10H3,(H,45,47)(H,46,48)/t33-,34-,39-,40-,41-,42-,43+,44+/m0/s1. The van der Waals surface area contributed by atoms with Crippen LogP contribution in [0.1, 0.15) is 159 Å². The molecule has 2 heterocycles. The molecular formula is C44H72N2O6. The number of rotatable bonds is 9. The largest absolute Gasteiger partial charge is 0.449 e. The van der Waals surface area contributed by atoms with Crippen molar-refractivity contribution in [2.24, 2.45) is 33.5 Å². The minimum absolute atomic E-state index is 0.114. The van der Waals surface area contributed by atoms with E-state index in [4.69, 9.17) is 18.9 Å². The molecule has 2 amide bonds. The van der Waals surface area contributed by atoms with Gasteiger partial charge in [0.25, 0.3) is 0 Å². The third-order valence-corrected chi connectivity index (χ3v) is 16.1. The van der Waals surface area contributed by atoms with Crippen LogP contribution >= 0.6 is 0 Å². The molecular weight excluding hydrogens is 652 g/mol. The molecule has 2 N–H and O–H groups in total. The van der Waals surface area contributed by atoms with E-state index in [0.29, 0.717) is 35.5 Å². The van der Waals surface area contributed by atoms with Crippen LogP contribution in [0.15, 0.2) is 23.3 Å². The number of amides is 2. The van der Waals surface area contributed by atoms with Crippen LogP contribution in [0.4, 0.5) is 9.59 Å². The van der Waals surface area contributed by atoms with Crippen molar-refractivity contribution in [3.05, 3.63) is 23.3 Å². The van der Waals surface area contributed by atoms with E-state index in [9.17, 15) is 9.59 Å². The van der Waals surface area contributed by atoms with Crippen LogP contribution in [0.25, 0.3) is 0 Å². The molecule has 0 radical (unpaired) electrons. The molecule has 6 rings (SSSR count). The summed E-state index contributed by atoms with van der Waals surface area (Å²) in [6.45, 7) is 24.7. The maximum atomic E-state index is 12.5. The lowest BCUT2D eigenvalue weighted by Crippen LogP contribution is -2.59. The Morgan fingerprint density at radius 2 is 1.00 bits per heavy atom. The Bertz CT molecular complexity index is 1330. The predicted octanol–water partition coefficient (Wildman–Crippen LogP) is 10.2. The van der Waals surface area contributed by atoms with Gasteiger partial charge in [-0.25, -0.2) is 9.59 Å². The summed E-state index contributed by atoms with van der Waals surface area (Å²) in [5.74, 6) is 1.21. The molecule has 0 aromatic rings. The summed E-state index contributed by atoms with van der Waals surface area (Å²) < 4.78 is 25.4. The first-order chi connectivity index (χ1) is 24.3. The number of carbonyl (C=O) groups excluding carboxylic acids is 2. The van der Waals surface area contributed by atoms with Gasteiger partial charge in [-0.15, -0.1) is 0 Å². The first kappa shape index (κ1) is 39.6. The molecule has 8 atom stereocenters. The highest BCUT2D eigenvalue weighted by molar-refractivity contribution is 5.68. The van der Waals surface area contributed by atoms with Crippen molar-refractivity contribution in [2.75, 3.05) is 26.3 Å². The van der Waals surface area contributed by atoms with Crippen molar-refractivity contribution in [3.8, 4) is 0 Å². The summed E-state index contributed by atoms with van der Waals surface area (Å²) in [6.07, 6.45) is 18.9. The van der Waals surface area contributed by atoms with Crippen molar-refractivity contribution >= 4 is 12.2 Å². The van der Waals surface area contributed by atoms with E-state index < -0.39 is 12.2 Å². The number of allylic oxidation sites excluding steroid dienone is 2. The highest BCUT2D eigenvalue weighted by Gasteiger charge is 2.66. The summed E-state index contributed by atoms with van der Waals surface area (Å²) >= 11 is 0. The fourth-order valence-electron chi connectivity index (χ4n) is 13.0. The van der Waals surface area contributed by atoms with Crippen molar-refractivity contribution in [2.45, 2.75) is 182 Å². The Morgan fingerprint density at radius 1 is 0.615 bits per heavy atom. The van der Waals surface area contributed by atoms with Crippen LogP contribution in [-0.4, -0.2) is 60.9 Å². The zero-order valence-electron chi connectivity index (χ0n) is 34.5. The van der Waals surface area contributed by atoms with Crippen LogP contribution in [-0.2, 0) is 18.9 Å². The van der Waals surface area contributed by atoms with Crippen molar-refractivity contribution in [3.63, 3.8) is 0 Å². The van der Waals surface area contributed by atoms with E-state index in [1.165, 1.54) is 49.7 Å². The van der Waals surface area contributed by atoms with Crippen LogP contribution in [0, 0.1) is 33.5 Å². The Hall–Kier alpha value is -2.06. The minimum atomic E-state index is -0.481. The highest BCUT2D eigenvalue weighted by atomic mass is 16.6. The second-order valence-electron chi connectivity index (χ2n) is 20.3. The number of carbonyl (C=O) groups is 2. The van der Waals surface area contributed by atoms with E-state index in [0.717, 1.165) is 38.5 Å². The average molecular weight is 725 g/mol. The van der Waals surface area contributed by atoms with Gasteiger partial charge in [0.15, 0.2) is 0 Å². The van der Waals surface area contributed by atoms with E-state index in [1.54, 1.807) is 0 Å². The molecule has 2 aliphatic heterocycles. The van der Waals surface area contributed by atoms with Crippen LogP contribution in [0.3, 0.4) is 0 Å². The topological polar surface area (TPSA) is 95.1 Å². The number of ether oxygens (including phenoxy) is 4. The second-order valence-corrected chi connectivity index (χ2v) is 20.3. The van der Waals surface area contributed by atoms with Crippen molar-refractivity contribution < 1.29 is 28.5 Å². The molecule has 2 spiro atoms. The fourth-order valence-corrected chi connectivity index (χ4v) is 13.0. The lowest BCUT2D eigenvalue weighted by atomic mass is 9.46. The third kappa shape index (κ3) is 6.77. The summed E-state index contributed by atoms with van der Waals surface area (Å²) in [7, 11) is 0. The lowest BCUT2D eigenvalue weighted by Gasteiger charge is -2.61. The summed E-state index contributed by atoms with van der Waals surface area (Å²) in [5, 5.41) is 5.52. The van der Waals surface area contributed by atoms with Gasteiger partial charge >= 0.3 is 12.2 Å². The molecule has 8 heteroatoms. The quantitative estimate of drug-likeness (QED) is 0.182. The smallest absolute Gasteiger partial charge is 0.407 e. The molecule has 0 unspecified atom stereocenters. The van der Waals surface area contributed by atoms with Gasteiger partial charge in [-0.3, -0.25) is 0 Å². The molecule has 8 nitrogen and oxygen atoms in total. The van der Waals surface area contributed by atoms with Gasteiger partial charge in [0.2, 0.25) is 0 Å². The summed E-state index contributed by atoms with van der Waals surface area (Å²) in [4.78, 5) is 25.1. The summed E-state index contributed by atoms with van der Waals surface area (Å²) in [5.41, 5.74) is 2.45. The number of hydrogen-bond donors (Lipinski definition) is 2. The van der Waals surface area contributed by atoms with Crippen LogP contribution in [0.2, 0.25) is 0 Å². The third-order valence-electron chi connectivity index (χ3n) is 16.1. The molecule has 4 fully saturated rings. The van der Waals surface area contributed by atoms with Gasteiger partial charge in [-0.2, -0.15) is 0 Å². The number of nitrogens with one attached hydrogen (secondary N) is 2. The molecule has 0 bridgehead atoms. The monoisotopic (exact) mass is 725 g/mol. The Kier molecular flexibility index (Phi) is 10.6. The van der Waals surface area contributed by atoms with Crippen molar-refractivity contribution in [1.29, 1.82) is 0 Å². The minimum Gasteiger partial charge on any atom is -0.449 e. The molecule has 2 saturated heterocycles. The molecule has 6 aliphatic rings. The normalized spacial score (nSPS) is 41.8. The van der Waals surface area contributed by atoms with Gasteiger partial charge in [0.1, 0.15) is 0 Å². The fraction of sp³-hybridized carbons (Fsp3) is 0.864. The number of fused-ring (bicyclic) bond motifs is 4. The zero-order chi connectivity index (χ0) is 37.8. The van der Waals surface area contributed by atoms with Gasteiger partial charge in [0, 0.05) is 36.8 Å². The maximum Gasteiger partial charge on any atom is 0.407 e. The zero-order valence-corrected chi connectivity index (χ0v) is 34.5. The lowest BCUT2D eigenvalue weighted by molar-refractivity contribution is -0.191. The first-order valence-corrected chi connectivity index (χ1v) is 20.8. The molecule has 0 aromatic heterocycles. The molecule has 294 valence electrons. The summed E-state index contributed by atoms with van der Waals surface area (Å²) in [6, 6.07) is 0. The molecule has 52 heavy (non-hydrogen) atoms. The SMILES string of the molecule is CC1=CC[C@H]2C(C)(C)CCC[C@]2(C)[C@@]12CC[C@@](C)(CCOC(=O)NCCNC(=O)OCC[C@]1(C)CC[C@@]3(O1)C(C)=CC[C@H]1C(C)(C)CCC[C@@]13C)O2. The Labute approximate surface area is 315 Å². The Morgan fingerprint density at radius 3 is 1.38 bits per heavy atom. The average Bonchev–Trinajstić information content (AvgIpc) is 3.60. The van der Waals surface area contributed by atoms with Gasteiger partial charge in [-0.1, -0.05) is 66.5 Å². The van der Waals surface area contributed by atoms with E-state index in [-0.39, 0.29) is 59.5 Å². The van der Waals surface area contributed by atoms with E-state index in [1.807, 2.05) is 0 Å². The highest BCUT2D eigenvalue weighted by Crippen LogP contribution is 2.68. The van der Waals surface area contributed by atoms with Gasteiger partial charge in [-0.05, 0) is 126 Å². The van der Waals surface area contributed by atoms with Crippen LogP contribution < -0.4 is 10.6 Å². The first-order valence-electron chi connectivity index (χ1n) is 20.8. The Balaban J connectivity index is 0.892. The van der Waals surface area contributed by atoms with Gasteiger partial charge in [0.05, 0.1) is 35.6 Å². The van der Waals surface area contributed by atoms with E-state index in [2.05, 4.69) is 92.0 Å². The van der Waals surface area contributed by atoms with Gasteiger partial charge < -0.3 is 29.6 Å².